The van der Waals surface area contributed by atoms with Crippen molar-refractivity contribution in [3.05, 3.63) is 22.9 Å². The molecule has 5 heteroatoms. The number of hydrogen-bond acceptors (Lipinski definition) is 5. The molecule has 0 unspecified atom stereocenters. The maximum atomic E-state index is 5.51. The SMILES string of the molecule is CCNCc1nnc(-c2ccc(C)s2)o1. The molecule has 0 saturated heterocycles. The lowest BCUT2D eigenvalue weighted by molar-refractivity contribution is 0.483. The third-order valence-electron chi connectivity index (χ3n) is 1.94. The lowest BCUT2D eigenvalue weighted by Gasteiger charge is -1.93. The van der Waals surface area contributed by atoms with Gasteiger partial charge in [-0.25, -0.2) is 0 Å². The molecule has 2 rings (SSSR count). The second kappa shape index (κ2) is 4.55. The summed E-state index contributed by atoms with van der Waals surface area (Å²) in [5, 5.41) is 11.1. The van der Waals surface area contributed by atoms with E-state index in [0.717, 1.165) is 11.4 Å². The van der Waals surface area contributed by atoms with Crippen LogP contribution in [0.2, 0.25) is 0 Å². The van der Waals surface area contributed by atoms with Crippen LogP contribution in [-0.4, -0.2) is 16.7 Å². The molecule has 15 heavy (non-hydrogen) atoms. The summed E-state index contributed by atoms with van der Waals surface area (Å²) in [7, 11) is 0. The van der Waals surface area contributed by atoms with Crippen molar-refractivity contribution in [2.45, 2.75) is 20.4 Å². The van der Waals surface area contributed by atoms with Crippen molar-refractivity contribution in [1.82, 2.24) is 15.5 Å². The van der Waals surface area contributed by atoms with Crippen molar-refractivity contribution >= 4 is 11.3 Å². The summed E-state index contributed by atoms with van der Waals surface area (Å²) in [4.78, 5) is 2.28. The van der Waals surface area contributed by atoms with Gasteiger partial charge >= 0.3 is 0 Å². The second-order valence-corrected chi connectivity index (χ2v) is 4.48. The number of nitrogens with one attached hydrogen (secondary N) is 1. The number of thiophene rings is 1. The first kappa shape index (κ1) is 10.3. The van der Waals surface area contributed by atoms with Gasteiger partial charge in [-0.1, -0.05) is 6.92 Å². The minimum atomic E-state index is 0.612. The van der Waals surface area contributed by atoms with Gasteiger partial charge in [-0.05, 0) is 25.6 Å². The van der Waals surface area contributed by atoms with Gasteiger partial charge in [-0.3, -0.25) is 0 Å². The Morgan fingerprint density at radius 1 is 1.40 bits per heavy atom. The Morgan fingerprint density at radius 3 is 2.93 bits per heavy atom. The highest BCUT2D eigenvalue weighted by molar-refractivity contribution is 7.15. The lowest BCUT2D eigenvalue weighted by atomic mass is 10.4. The zero-order valence-corrected chi connectivity index (χ0v) is 9.60. The van der Waals surface area contributed by atoms with Crippen LogP contribution in [0.1, 0.15) is 17.7 Å². The van der Waals surface area contributed by atoms with Gasteiger partial charge in [0.05, 0.1) is 11.4 Å². The van der Waals surface area contributed by atoms with E-state index < -0.39 is 0 Å². The van der Waals surface area contributed by atoms with Crippen molar-refractivity contribution in [2.75, 3.05) is 6.54 Å². The molecule has 0 aliphatic heterocycles. The monoisotopic (exact) mass is 223 g/mol. The Bertz CT molecular complexity index is 435. The van der Waals surface area contributed by atoms with E-state index in [4.69, 9.17) is 4.42 Å². The number of rotatable bonds is 4. The number of aromatic nitrogens is 2. The van der Waals surface area contributed by atoms with E-state index in [1.807, 2.05) is 19.1 Å². The molecule has 0 spiro atoms. The van der Waals surface area contributed by atoms with Gasteiger partial charge in [0.25, 0.3) is 5.89 Å². The summed E-state index contributed by atoms with van der Waals surface area (Å²) < 4.78 is 5.51. The Morgan fingerprint density at radius 2 is 2.27 bits per heavy atom. The lowest BCUT2D eigenvalue weighted by Crippen LogP contribution is -2.11. The van der Waals surface area contributed by atoms with Crippen LogP contribution in [0.25, 0.3) is 10.8 Å². The fourth-order valence-electron chi connectivity index (χ4n) is 1.21. The molecule has 0 radical (unpaired) electrons. The molecule has 0 aromatic carbocycles. The molecule has 80 valence electrons. The summed E-state index contributed by atoms with van der Waals surface area (Å²) >= 11 is 1.66. The van der Waals surface area contributed by atoms with Crippen LogP contribution in [-0.2, 0) is 6.54 Å². The maximum absolute atomic E-state index is 5.51. The summed E-state index contributed by atoms with van der Waals surface area (Å²) in [6, 6.07) is 4.05. The molecule has 0 aliphatic carbocycles. The Kier molecular flexibility index (Phi) is 3.13. The van der Waals surface area contributed by atoms with Crippen molar-refractivity contribution < 1.29 is 4.42 Å². The number of hydrogen-bond donors (Lipinski definition) is 1. The Balaban J connectivity index is 2.13. The summed E-state index contributed by atoms with van der Waals surface area (Å²) in [5.74, 6) is 1.25. The Labute approximate surface area is 92.3 Å². The van der Waals surface area contributed by atoms with Gasteiger partial charge in [0.1, 0.15) is 0 Å². The normalized spacial score (nSPS) is 10.8. The van der Waals surface area contributed by atoms with Gasteiger partial charge in [0.2, 0.25) is 5.89 Å². The fourth-order valence-corrected chi connectivity index (χ4v) is 1.99. The largest absolute Gasteiger partial charge is 0.419 e. The molecule has 2 aromatic heterocycles. The zero-order chi connectivity index (χ0) is 10.7. The molecule has 0 amide bonds. The van der Waals surface area contributed by atoms with Gasteiger partial charge in [0.15, 0.2) is 0 Å². The van der Waals surface area contributed by atoms with Crippen LogP contribution in [0.3, 0.4) is 0 Å². The highest BCUT2D eigenvalue weighted by Gasteiger charge is 2.09. The minimum absolute atomic E-state index is 0.612. The molecule has 1 N–H and O–H groups in total. The standard InChI is InChI=1S/C10H13N3OS/c1-3-11-6-9-12-13-10(14-9)8-5-4-7(2)15-8/h4-5,11H,3,6H2,1-2H3. The van der Waals surface area contributed by atoms with Crippen LogP contribution >= 0.6 is 11.3 Å². The maximum Gasteiger partial charge on any atom is 0.257 e. The first-order chi connectivity index (χ1) is 7.29. The van der Waals surface area contributed by atoms with Crippen LogP contribution in [0.4, 0.5) is 0 Å². The molecule has 0 fully saturated rings. The predicted octanol–water partition coefficient (Wildman–Crippen LogP) is 2.22. The molecule has 0 bridgehead atoms. The van der Waals surface area contributed by atoms with Crippen LogP contribution in [0, 0.1) is 6.92 Å². The molecule has 4 nitrogen and oxygen atoms in total. The highest BCUT2D eigenvalue weighted by atomic mass is 32.1. The van der Waals surface area contributed by atoms with E-state index in [1.165, 1.54) is 4.88 Å². The number of aryl methyl sites for hydroxylation is 1. The Hall–Kier alpha value is -1.20. The fraction of sp³-hybridized carbons (Fsp3) is 0.400. The average molecular weight is 223 g/mol. The van der Waals surface area contributed by atoms with Crippen molar-refractivity contribution in [3.63, 3.8) is 0 Å². The summed E-state index contributed by atoms with van der Waals surface area (Å²) in [6.07, 6.45) is 0. The second-order valence-electron chi connectivity index (χ2n) is 3.19. The van der Waals surface area contributed by atoms with Crippen molar-refractivity contribution in [2.24, 2.45) is 0 Å². The van der Waals surface area contributed by atoms with E-state index in [9.17, 15) is 0 Å². The van der Waals surface area contributed by atoms with Gasteiger partial charge in [0, 0.05) is 4.88 Å². The third-order valence-corrected chi connectivity index (χ3v) is 2.93. The minimum Gasteiger partial charge on any atom is -0.419 e. The third kappa shape index (κ3) is 2.43. The van der Waals surface area contributed by atoms with Crippen molar-refractivity contribution in [1.29, 1.82) is 0 Å². The molecule has 2 aromatic rings. The van der Waals surface area contributed by atoms with Gasteiger partial charge < -0.3 is 9.73 Å². The smallest absolute Gasteiger partial charge is 0.257 e. The van der Waals surface area contributed by atoms with Crippen LogP contribution in [0.5, 0.6) is 0 Å². The molecular weight excluding hydrogens is 210 g/mol. The van der Waals surface area contributed by atoms with E-state index in [2.05, 4.69) is 22.4 Å². The van der Waals surface area contributed by atoms with Crippen LogP contribution in [0.15, 0.2) is 16.5 Å². The van der Waals surface area contributed by atoms with E-state index in [-0.39, 0.29) is 0 Å². The number of nitrogens with zero attached hydrogens (tertiary/aromatic N) is 2. The molecule has 0 atom stereocenters. The average Bonchev–Trinajstić information content (AvgIpc) is 2.83. The van der Waals surface area contributed by atoms with E-state index in [0.29, 0.717) is 18.3 Å². The first-order valence-electron chi connectivity index (χ1n) is 4.89. The van der Waals surface area contributed by atoms with Gasteiger partial charge in [-0.2, -0.15) is 0 Å². The van der Waals surface area contributed by atoms with E-state index in [1.54, 1.807) is 11.3 Å². The highest BCUT2D eigenvalue weighted by Crippen LogP contribution is 2.26. The topological polar surface area (TPSA) is 51.0 Å². The molecule has 2 heterocycles. The van der Waals surface area contributed by atoms with Crippen LogP contribution < -0.4 is 5.32 Å². The van der Waals surface area contributed by atoms with Crippen molar-refractivity contribution in [3.8, 4) is 10.8 Å². The zero-order valence-electron chi connectivity index (χ0n) is 8.78. The molecule has 0 aliphatic rings. The molecule has 0 saturated carbocycles. The predicted molar refractivity (Wildman–Crippen MR) is 59.7 cm³/mol. The van der Waals surface area contributed by atoms with E-state index >= 15 is 0 Å². The summed E-state index contributed by atoms with van der Waals surface area (Å²) in [5.41, 5.74) is 0. The molecular formula is C10H13N3OS. The van der Waals surface area contributed by atoms with Gasteiger partial charge in [-0.15, -0.1) is 21.5 Å². The summed E-state index contributed by atoms with van der Waals surface area (Å²) in [6.45, 7) is 5.63. The first-order valence-corrected chi connectivity index (χ1v) is 5.71. The quantitative estimate of drug-likeness (QED) is 0.863.